The molecule has 3 atom stereocenters. The van der Waals surface area contributed by atoms with Crippen LogP contribution in [0.25, 0.3) is 0 Å². The van der Waals surface area contributed by atoms with Crippen LogP contribution in [0.5, 0.6) is 0 Å². The first-order valence-electron chi connectivity index (χ1n) is 10.4. The number of aliphatic hydroxyl groups excluding tert-OH is 1. The highest BCUT2D eigenvalue weighted by atomic mass is 16.4. The number of benzene rings is 1. The van der Waals surface area contributed by atoms with Crippen LogP contribution in [-0.2, 0) is 9.59 Å². The molecule has 0 heterocycles. The fourth-order valence-corrected chi connectivity index (χ4v) is 3.69. The molecule has 0 fully saturated rings. The maximum atomic E-state index is 12.4. The molecule has 0 saturated heterocycles. The summed E-state index contributed by atoms with van der Waals surface area (Å²) in [7, 11) is 0. The highest BCUT2D eigenvalue weighted by molar-refractivity contribution is 5.98. The monoisotopic (exact) mass is 384 g/mol. The summed E-state index contributed by atoms with van der Waals surface area (Å²) in [5.41, 5.74) is 1.90. The van der Waals surface area contributed by atoms with Gasteiger partial charge in [-0.25, -0.2) is 0 Å². The molecule has 0 amide bonds. The van der Waals surface area contributed by atoms with E-state index in [1.165, 1.54) is 0 Å². The third-order valence-corrected chi connectivity index (χ3v) is 5.34. The van der Waals surface area contributed by atoms with Gasteiger partial charge in [0.1, 0.15) is 0 Å². The van der Waals surface area contributed by atoms with Crippen molar-refractivity contribution in [3.05, 3.63) is 59.7 Å². The molecule has 0 aromatic heterocycles. The number of ketones is 1. The molecule has 1 aliphatic rings. The summed E-state index contributed by atoms with van der Waals surface area (Å²) >= 11 is 0. The van der Waals surface area contributed by atoms with E-state index in [9.17, 15) is 14.7 Å². The maximum absolute atomic E-state index is 12.4. The molecule has 1 aliphatic carbocycles. The van der Waals surface area contributed by atoms with Gasteiger partial charge >= 0.3 is 5.97 Å². The van der Waals surface area contributed by atoms with E-state index in [0.29, 0.717) is 6.42 Å². The number of hydrogen-bond acceptors (Lipinski definition) is 3. The Balaban J connectivity index is 1.91. The number of allylic oxidation sites excluding steroid dienone is 4. The topological polar surface area (TPSA) is 74.6 Å². The zero-order valence-corrected chi connectivity index (χ0v) is 16.7. The van der Waals surface area contributed by atoms with Crippen LogP contribution >= 0.6 is 0 Å². The van der Waals surface area contributed by atoms with E-state index >= 15 is 0 Å². The fraction of sp³-hybridized carbons (Fsp3) is 0.500. The van der Waals surface area contributed by atoms with Crippen LogP contribution in [0.1, 0.15) is 81.4 Å². The average molecular weight is 385 g/mol. The molecule has 0 radical (unpaired) electrons. The summed E-state index contributed by atoms with van der Waals surface area (Å²) in [5.74, 6) is -0.684. The van der Waals surface area contributed by atoms with E-state index in [2.05, 4.69) is 6.92 Å². The minimum atomic E-state index is -0.767. The van der Waals surface area contributed by atoms with Gasteiger partial charge < -0.3 is 10.2 Å². The number of aliphatic carboxylic acids is 1. The molecule has 0 aliphatic heterocycles. The third-order valence-electron chi connectivity index (χ3n) is 5.34. The van der Waals surface area contributed by atoms with Crippen molar-refractivity contribution < 1.29 is 19.8 Å². The Morgan fingerprint density at radius 3 is 2.57 bits per heavy atom. The fourth-order valence-electron chi connectivity index (χ4n) is 3.69. The van der Waals surface area contributed by atoms with Crippen molar-refractivity contribution in [3.63, 3.8) is 0 Å². The van der Waals surface area contributed by atoms with Crippen molar-refractivity contribution in [3.8, 4) is 0 Å². The van der Waals surface area contributed by atoms with Gasteiger partial charge in [0.2, 0.25) is 0 Å². The van der Waals surface area contributed by atoms with Crippen molar-refractivity contribution in [2.24, 2.45) is 5.92 Å². The molecule has 28 heavy (non-hydrogen) atoms. The smallest absolute Gasteiger partial charge is 0.303 e. The molecule has 0 saturated carbocycles. The largest absolute Gasteiger partial charge is 0.481 e. The Hall–Kier alpha value is -2.20. The second-order valence-corrected chi connectivity index (χ2v) is 7.57. The Labute approximate surface area is 168 Å². The first-order valence-corrected chi connectivity index (χ1v) is 10.4. The highest BCUT2D eigenvalue weighted by Gasteiger charge is 2.30. The number of unbranched alkanes of at least 4 members (excludes halogenated alkanes) is 3. The predicted molar refractivity (Wildman–Crippen MR) is 111 cm³/mol. The van der Waals surface area contributed by atoms with Crippen molar-refractivity contribution in [2.45, 2.75) is 70.3 Å². The summed E-state index contributed by atoms with van der Waals surface area (Å²) in [6, 6.07) is 7.82. The Morgan fingerprint density at radius 1 is 1.14 bits per heavy atom. The van der Waals surface area contributed by atoms with Crippen molar-refractivity contribution >= 4 is 11.8 Å². The first kappa shape index (κ1) is 22.1. The van der Waals surface area contributed by atoms with Crippen LogP contribution in [0.3, 0.4) is 0 Å². The third kappa shape index (κ3) is 6.75. The van der Waals surface area contributed by atoms with Gasteiger partial charge in [0.05, 0.1) is 12.0 Å². The van der Waals surface area contributed by atoms with Gasteiger partial charge in [0, 0.05) is 6.42 Å². The van der Waals surface area contributed by atoms with Crippen molar-refractivity contribution in [1.82, 2.24) is 0 Å². The SMILES string of the molecule is CCCCCC(O)c1ccc(C2C(=O)C=C[C@@H]2C/C=C\CCCC(=O)O)cc1. The minimum absolute atomic E-state index is 0.125. The molecule has 0 bridgehead atoms. The van der Waals surface area contributed by atoms with E-state index < -0.39 is 12.1 Å². The number of aliphatic hydroxyl groups is 1. The van der Waals surface area contributed by atoms with Crippen molar-refractivity contribution in [2.75, 3.05) is 0 Å². The zero-order chi connectivity index (χ0) is 20.4. The molecule has 2 rings (SSSR count). The first-order chi connectivity index (χ1) is 13.5. The molecule has 4 nitrogen and oxygen atoms in total. The second kappa shape index (κ2) is 11.6. The Morgan fingerprint density at radius 2 is 1.89 bits per heavy atom. The lowest BCUT2D eigenvalue weighted by Gasteiger charge is -2.18. The quantitative estimate of drug-likeness (QED) is 0.377. The summed E-state index contributed by atoms with van der Waals surface area (Å²) in [6.07, 6.45) is 13.6. The lowest BCUT2D eigenvalue weighted by atomic mass is 9.85. The number of carbonyl (C=O) groups is 2. The summed E-state index contributed by atoms with van der Waals surface area (Å²) in [5, 5.41) is 19.0. The van der Waals surface area contributed by atoms with Crippen LogP contribution in [0, 0.1) is 5.92 Å². The molecule has 1 aromatic rings. The van der Waals surface area contributed by atoms with Gasteiger partial charge in [-0.1, -0.05) is 68.7 Å². The number of carboxylic acid groups (broad SMARTS) is 1. The Kier molecular flexibility index (Phi) is 9.15. The van der Waals surface area contributed by atoms with Gasteiger partial charge in [-0.15, -0.1) is 0 Å². The zero-order valence-electron chi connectivity index (χ0n) is 16.7. The average Bonchev–Trinajstić information content (AvgIpc) is 3.05. The number of rotatable bonds is 12. The van der Waals surface area contributed by atoms with Gasteiger partial charge in [0.25, 0.3) is 0 Å². The van der Waals surface area contributed by atoms with Gasteiger partial charge in [-0.05, 0) is 48.8 Å². The Bertz CT molecular complexity index is 687. The van der Waals surface area contributed by atoms with Gasteiger partial charge in [-0.2, -0.15) is 0 Å². The van der Waals surface area contributed by atoms with Crippen molar-refractivity contribution in [1.29, 1.82) is 0 Å². The molecule has 152 valence electrons. The maximum Gasteiger partial charge on any atom is 0.303 e. The summed E-state index contributed by atoms with van der Waals surface area (Å²) < 4.78 is 0. The minimum Gasteiger partial charge on any atom is -0.481 e. The van der Waals surface area contributed by atoms with Crippen LogP contribution in [0.4, 0.5) is 0 Å². The van der Waals surface area contributed by atoms with E-state index in [-0.39, 0.29) is 24.0 Å². The van der Waals surface area contributed by atoms with E-state index in [1.807, 2.05) is 42.5 Å². The van der Waals surface area contributed by atoms with Crippen LogP contribution in [0.2, 0.25) is 0 Å². The summed E-state index contributed by atoms with van der Waals surface area (Å²) in [4.78, 5) is 22.9. The van der Waals surface area contributed by atoms with Gasteiger partial charge in [0.15, 0.2) is 5.78 Å². The number of carbonyl (C=O) groups excluding carboxylic acids is 1. The van der Waals surface area contributed by atoms with Gasteiger partial charge in [-0.3, -0.25) is 9.59 Å². The number of carboxylic acids is 1. The highest BCUT2D eigenvalue weighted by Crippen LogP contribution is 2.35. The predicted octanol–water partition coefficient (Wildman–Crippen LogP) is 5.34. The van der Waals surface area contributed by atoms with E-state index in [4.69, 9.17) is 5.11 Å². The molecular formula is C24H32O4. The number of hydrogen-bond donors (Lipinski definition) is 2. The molecular weight excluding hydrogens is 352 g/mol. The molecule has 2 unspecified atom stereocenters. The molecule has 4 heteroatoms. The van der Waals surface area contributed by atoms with Crippen LogP contribution in [-0.4, -0.2) is 22.0 Å². The molecule has 0 spiro atoms. The second-order valence-electron chi connectivity index (χ2n) is 7.57. The lowest BCUT2D eigenvalue weighted by molar-refractivity contribution is -0.137. The molecule has 1 aromatic carbocycles. The van der Waals surface area contributed by atoms with E-state index in [1.54, 1.807) is 6.08 Å². The van der Waals surface area contributed by atoms with E-state index in [0.717, 1.165) is 49.7 Å². The summed E-state index contributed by atoms with van der Waals surface area (Å²) in [6.45, 7) is 2.15. The lowest BCUT2D eigenvalue weighted by Crippen LogP contribution is -2.13. The van der Waals surface area contributed by atoms with Crippen LogP contribution < -0.4 is 0 Å². The normalized spacial score (nSPS) is 20.1. The van der Waals surface area contributed by atoms with Crippen LogP contribution in [0.15, 0.2) is 48.6 Å². The molecule has 2 N–H and O–H groups in total. The standard InChI is InChI=1S/C24H32O4/c1-2-3-6-10-21(25)18-12-14-20(15-13-18)24-19(16-17-22(24)26)9-7-4-5-8-11-23(27)28/h4,7,12-17,19,21,24-25H,2-3,5-6,8-11H2,1H3,(H,27,28)/b7-4-/t19-,21?,24?/m0/s1.